The van der Waals surface area contributed by atoms with Crippen LogP contribution in [0.15, 0.2) is 35.1 Å². The lowest BCUT2D eigenvalue weighted by Crippen LogP contribution is -2.24. The van der Waals surface area contributed by atoms with E-state index in [1.54, 1.807) is 0 Å². The summed E-state index contributed by atoms with van der Waals surface area (Å²) in [6.07, 6.45) is 0. The van der Waals surface area contributed by atoms with Crippen molar-refractivity contribution in [2.24, 2.45) is 0 Å². The Labute approximate surface area is 122 Å². The molecule has 0 saturated carbocycles. The lowest BCUT2D eigenvalue weighted by molar-refractivity contribution is 0.0696. The minimum Gasteiger partial charge on any atom is -0.478 e. The smallest absolute Gasteiger partial charge is 0.335 e. The van der Waals surface area contributed by atoms with Crippen LogP contribution in [0.1, 0.15) is 31.1 Å². The molecule has 8 nitrogen and oxygen atoms in total. The number of nitrogens with zero attached hydrogens (tertiary/aromatic N) is 1. The fraction of sp³-hybridized carbons (Fsp3) is 0. The summed E-state index contributed by atoms with van der Waals surface area (Å²) in [6, 6.07) is 6.42. The molecule has 1 aromatic heterocycles. The normalized spacial score (nSPS) is 12.9. The molecule has 2 amide bonds. The molecule has 0 unspecified atom stereocenters. The lowest BCUT2D eigenvalue weighted by atomic mass is 10.1. The second-order valence-corrected chi connectivity index (χ2v) is 4.63. The van der Waals surface area contributed by atoms with Crippen LogP contribution in [0.25, 0.3) is 5.69 Å². The van der Waals surface area contributed by atoms with Crippen molar-refractivity contribution in [3.63, 3.8) is 0 Å². The summed E-state index contributed by atoms with van der Waals surface area (Å²) in [4.78, 5) is 46.3. The van der Waals surface area contributed by atoms with Crippen molar-refractivity contribution in [2.45, 2.75) is 0 Å². The molecule has 0 spiro atoms. The third-order valence-corrected chi connectivity index (χ3v) is 3.33. The van der Waals surface area contributed by atoms with Gasteiger partial charge in [-0.05, 0) is 24.3 Å². The van der Waals surface area contributed by atoms with Crippen LogP contribution in [-0.2, 0) is 0 Å². The zero-order valence-electron chi connectivity index (χ0n) is 11.0. The number of aromatic nitrogens is 1. The Morgan fingerprint density at radius 1 is 1.09 bits per heavy atom. The van der Waals surface area contributed by atoms with Crippen LogP contribution in [0, 0.1) is 0 Å². The van der Waals surface area contributed by atoms with Gasteiger partial charge in [0.05, 0.1) is 22.4 Å². The molecule has 0 saturated heterocycles. The Kier molecular flexibility index (Phi) is 2.81. The average molecular weight is 299 g/mol. The van der Waals surface area contributed by atoms with Crippen LogP contribution in [0.2, 0.25) is 0 Å². The number of nitrogens with one attached hydrogen (secondary N) is 1. The van der Waals surface area contributed by atoms with E-state index in [9.17, 15) is 19.2 Å². The Morgan fingerprint density at radius 3 is 2.32 bits per heavy atom. The van der Waals surface area contributed by atoms with Gasteiger partial charge in [-0.15, -0.1) is 0 Å². The van der Waals surface area contributed by atoms with Gasteiger partial charge in [0.1, 0.15) is 5.82 Å². The van der Waals surface area contributed by atoms with Crippen molar-refractivity contribution in [1.82, 2.24) is 9.88 Å². The number of carbonyl (C=O) groups is 3. The number of rotatable bonds is 2. The molecular formula is C14H9N3O5. The second kappa shape index (κ2) is 4.55. The molecule has 2 aromatic rings. The van der Waals surface area contributed by atoms with Gasteiger partial charge in [-0.25, -0.2) is 4.79 Å². The molecule has 3 rings (SSSR count). The number of carboxylic acids is 1. The number of amides is 2. The van der Waals surface area contributed by atoms with E-state index in [-0.39, 0.29) is 22.5 Å². The van der Waals surface area contributed by atoms with Gasteiger partial charge in [0, 0.05) is 6.07 Å². The number of benzene rings is 1. The molecule has 1 aliphatic rings. The highest BCUT2D eigenvalue weighted by molar-refractivity contribution is 6.23. The summed E-state index contributed by atoms with van der Waals surface area (Å²) in [7, 11) is 0. The average Bonchev–Trinajstić information content (AvgIpc) is 2.74. The summed E-state index contributed by atoms with van der Waals surface area (Å²) < 4.78 is 1.04. The monoisotopic (exact) mass is 299 g/mol. The molecule has 8 heteroatoms. The lowest BCUT2D eigenvalue weighted by Gasteiger charge is -2.11. The van der Waals surface area contributed by atoms with E-state index in [0.29, 0.717) is 5.69 Å². The second-order valence-electron chi connectivity index (χ2n) is 4.63. The zero-order valence-corrected chi connectivity index (χ0v) is 11.0. The number of carboxylic acid groups (broad SMARTS) is 1. The number of pyridine rings is 1. The predicted molar refractivity (Wildman–Crippen MR) is 75.2 cm³/mol. The Balaban J connectivity index is 2.22. The molecule has 110 valence electrons. The fourth-order valence-corrected chi connectivity index (χ4v) is 2.30. The van der Waals surface area contributed by atoms with E-state index < -0.39 is 23.3 Å². The topological polar surface area (TPSA) is 131 Å². The van der Waals surface area contributed by atoms with Gasteiger partial charge in [-0.2, -0.15) is 0 Å². The minimum atomic E-state index is -1.11. The highest BCUT2D eigenvalue weighted by atomic mass is 16.4. The van der Waals surface area contributed by atoms with Crippen LogP contribution < -0.4 is 16.6 Å². The van der Waals surface area contributed by atoms with Gasteiger partial charge in [0.15, 0.2) is 0 Å². The zero-order chi connectivity index (χ0) is 16.0. The van der Waals surface area contributed by atoms with Crippen molar-refractivity contribution >= 4 is 23.6 Å². The summed E-state index contributed by atoms with van der Waals surface area (Å²) in [5.41, 5.74) is 5.47. The first-order valence-corrected chi connectivity index (χ1v) is 6.15. The summed E-state index contributed by atoms with van der Waals surface area (Å²) in [5.74, 6) is -2.62. The first-order valence-electron chi connectivity index (χ1n) is 6.15. The van der Waals surface area contributed by atoms with E-state index in [1.807, 2.05) is 0 Å². The quantitative estimate of drug-likeness (QED) is 0.669. The predicted octanol–water partition coefficient (Wildman–Crippen LogP) is 0.00150. The van der Waals surface area contributed by atoms with E-state index >= 15 is 0 Å². The van der Waals surface area contributed by atoms with Crippen molar-refractivity contribution < 1.29 is 19.5 Å². The Morgan fingerprint density at radius 2 is 1.73 bits per heavy atom. The number of nitrogen functional groups attached to an aromatic ring is 1. The largest absolute Gasteiger partial charge is 0.478 e. The van der Waals surface area contributed by atoms with Crippen LogP contribution >= 0.6 is 0 Å². The molecular weight excluding hydrogens is 290 g/mol. The Bertz CT molecular complexity index is 896. The van der Waals surface area contributed by atoms with Crippen LogP contribution in [0.3, 0.4) is 0 Å². The minimum absolute atomic E-state index is 0.0458. The summed E-state index contributed by atoms with van der Waals surface area (Å²) in [5, 5.41) is 10.9. The van der Waals surface area contributed by atoms with Gasteiger partial charge in [-0.3, -0.25) is 24.3 Å². The standard InChI is InChI=1S/C14H9N3O5/c15-11-10-8(12(19)16-13(10)20)5-9(18)17(11)7-3-1-6(2-4-7)14(21)22/h1-5H,15H2,(H,21,22)(H,16,19,20). The Hall–Kier alpha value is -3.42. The van der Waals surface area contributed by atoms with Crippen molar-refractivity contribution in [1.29, 1.82) is 0 Å². The highest BCUT2D eigenvalue weighted by Gasteiger charge is 2.31. The van der Waals surface area contributed by atoms with Gasteiger partial charge in [-0.1, -0.05) is 0 Å². The maximum atomic E-state index is 12.1. The number of fused-ring (bicyclic) bond motifs is 1. The number of carbonyl (C=O) groups excluding carboxylic acids is 2. The summed E-state index contributed by atoms with van der Waals surface area (Å²) in [6.45, 7) is 0. The molecule has 1 aliphatic heterocycles. The van der Waals surface area contributed by atoms with E-state index in [2.05, 4.69) is 5.32 Å². The first-order chi connectivity index (χ1) is 10.4. The highest BCUT2D eigenvalue weighted by Crippen LogP contribution is 2.22. The van der Waals surface area contributed by atoms with Crippen LogP contribution in [0.5, 0.6) is 0 Å². The third-order valence-electron chi connectivity index (χ3n) is 3.33. The maximum Gasteiger partial charge on any atom is 0.335 e. The van der Waals surface area contributed by atoms with Gasteiger partial charge >= 0.3 is 5.97 Å². The van der Waals surface area contributed by atoms with Crippen molar-refractivity contribution in [2.75, 3.05) is 5.73 Å². The van der Waals surface area contributed by atoms with E-state index in [0.717, 1.165) is 10.6 Å². The van der Waals surface area contributed by atoms with Gasteiger partial charge in [0.25, 0.3) is 17.4 Å². The maximum absolute atomic E-state index is 12.1. The fourth-order valence-electron chi connectivity index (χ4n) is 2.30. The molecule has 0 bridgehead atoms. The molecule has 0 fully saturated rings. The van der Waals surface area contributed by atoms with Gasteiger partial charge < -0.3 is 10.8 Å². The molecule has 0 aliphatic carbocycles. The molecule has 4 N–H and O–H groups in total. The third kappa shape index (κ3) is 1.85. The first kappa shape index (κ1) is 13.6. The number of imide groups is 1. The number of aromatic carboxylic acids is 1. The van der Waals surface area contributed by atoms with Crippen LogP contribution in [0.4, 0.5) is 5.82 Å². The van der Waals surface area contributed by atoms with E-state index in [1.165, 1.54) is 24.3 Å². The van der Waals surface area contributed by atoms with Crippen molar-refractivity contribution in [3.8, 4) is 5.69 Å². The number of hydrogen-bond acceptors (Lipinski definition) is 5. The number of anilines is 1. The molecule has 1 aromatic carbocycles. The number of nitrogens with two attached hydrogens (primary N) is 1. The number of hydrogen-bond donors (Lipinski definition) is 3. The van der Waals surface area contributed by atoms with E-state index in [4.69, 9.17) is 10.8 Å². The van der Waals surface area contributed by atoms with Crippen molar-refractivity contribution in [3.05, 3.63) is 57.4 Å². The van der Waals surface area contributed by atoms with Gasteiger partial charge in [0.2, 0.25) is 0 Å². The molecule has 0 radical (unpaired) electrons. The molecule has 2 heterocycles. The SMILES string of the molecule is Nc1c2c(cc(=O)n1-c1ccc(C(=O)O)cc1)C(=O)NC2=O. The molecule has 22 heavy (non-hydrogen) atoms. The summed E-state index contributed by atoms with van der Waals surface area (Å²) >= 11 is 0. The molecule has 0 atom stereocenters. The van der Waals surface area contributed by atoms with Crippen LogP contribution in [-0.4, -0.2) is 27.5 Å².